The number of nitriles is 1. The third kappa shape index (κ3) is 4.76. The van der Waals surface area contributed by atoms with Crippen molar-refractivity contribution in [3.63, 3.8) is 0 Å². The molecule has 3 heterocycles. The Labute approximate surface area is 188 Å². The van der Waals surface area contributed by atoms with Crippen molar-refractivity contribution < 1.29 is 4.79 Å². The molecule has 1 saturated carbocycles. The lowest BCUT2D eigenvalue weighted by Gasteiger charge is -2.31. The number of nitrogens with one attached hydrogen (secondary N) is 1. The Hall–Kier alpha value is -3.37. The quantitative estimate of drug-likeness (QED) is 0.585. The number of rotatable bonds is 6. The second-order valence-electron chi connectivity index (χ2n) is 8.84. The summed E-state index contributed by atoms with van der Waals surface area (Å²) in [7, 11) is 4.25. The number of pyridine rings is 3. The summed E-state index contributed by atoms with van der Waals surface area (Å²) in [6.45, 7) is 2.68. The number of hydrogen-bond donors (Lipinski definition) is 1. The Morgan fingerprint density at radius 1 is 1.12 bits per heavy atom. The molecular weight excluding hydrogens is 400 g/mol. The van der Waals surface area contributed by atoms with Crippen molar-refractivity contribution in [1.29, 1.82) is 5.26 Å². The molecule has 0 atom stereocenters. The topological polar surface area (TPSA) is 94.8 Å². The highest BCUT2D eigenvalue weighted by atomic mass is 16.1. The van der Waals surface area contributed by atoms with Crippen molar-refractivity contribution in [1.82, 2.24) is 19.9 Å². The molecular formula is C25H28N6O. The van der Waals surface area contributed by atoms with Gasteiger partial charge in [-0.1, -0.05) is 0 Å². The maximum absolute atomic E-state index is 12.4. The van der Waals surface area contributed by atoms with Gasteiger partial charge >= 0.3 is 0 Å². The van der Waals surface area contributed by atoms with Crippen molar-refractivity contribution in [3.8, 4) is 17.3 Å². The van der Waals surface area contributed by atoms with E-state index in [9.17, 15) is 4.79 Å². The van der Waals surface area contributed by atoms with Gasteiger partial charge in [0.1, 0.15) is 17.3 Å². The Balaban J connectivity index is 1.67. The summed E-state index contributed by atoms with van der Waals surface area (Å²) in [5.74, 6) is 0.688. The summed E-state index contributed by atoms with van der Waals surface area (Å²) in [6, 6.07) is 9.65. The van der Waals surface area contributed by atoms with Gasteiger partial charge in [0.15, 0.2) is 5.78 Å². The number of anilines is 1. The van der Waals surface area contributed by atoms with Gasteiger partial charge in [0.05, 0.1) is 22.5 Å². The molecule has 0 unspecified atom stereocenters. The molecule has 7 nitrogen and oxygen atoms in total. The molecule has 1 N–H and O–H groups in total. The molecule has 0 saturated heterocycles. The van der Waals surface area contributed by atoms with Crippen LogP contribution in [0.4, 0.5) is 5.69 Å². The monoisotopic (exact) mass is 428 g/mol. The minimum atomic E-state index is -0.0320. The van der Waals surface area contributed by atoms with Crippen LogP contribution >= 0.6 is 0 Å². The first-order valence-corrected chi connectivity index (χ1v) is 11.0. The molecule has 0 bridgehead atoms. The highest BCUT2D eigenvalue weighted by Gasteiger charge is 2.24. The molecule has 0 radical (unpaired) electrons. The number of Topliss-reactive ketones (excluding diaryl/α,β-unsaturated/α-hetero) is 1. The smallest absolute Gasteiger partial charge is 0.163 e. The van der Waals surface area contributed by atoms with E-state index >= 15 is 0 Å². The van der Waals surface area contributed by atoms with E-state index in [2.05, 4.69) is 34.3 Å². The predicted octanol–water partition coefficient (Wildman–Crippen LogP) is 4.30. The van der Waals surface area contributed by atoms with Crippen molar-refractivity contribution in [2.24, 2.45) is 5.92 Å². The van der Waals surface area contributed by atoms with E-state index in [-0.39, 0.29) is 5.78 Å². The van der Waals surface area contributed by atoms with E-state index in [1.807, 2.05) is 24.3 Å². The van der Waals surface area contributed by atoms with E-state index in [0.717, 1.165) is 47.8 Å². The van der Waals surface area contributed by atoms with Crippen LogP contribution in [-0.4, -0.2) is 52.3 Å². The fraction of sp³-hybridized carbons (Fsp3) is 0.400. The number of fused-ring (bicyclic) bond motifs is 1. The molecule has 4 rings (SSSR count). The number of ketones is 1. The van der Waals surface area contributed by atoms with Gasteiger partial charge in [-0.05, 0) is 76.9 Å². The molecule has 7 heteroatoms. The van der Waals surface area contributed by atoms with Crippen molar-refractivity contribution in [2.75, 3.05) is 26.0 Å². The van der Waals surface area contributed by atoms with Gasteiger partial charge in [-0.2, -0.15) is 5.26 Å². The zero-order valence-corrected chi connectivity index (χ0v) is 18.8. The molecule has 3 aromatic heterocycles. The first-order valence-electron chi connectivity index (χ1n) is 11.0. The molecule has 0 aliphatic heterocycles. The van der Waals surface area contributed by atoms with Gasteiger partial charge in [-0.15, -0.1) is 0 Å². The van der Waals surface area contributed by atoms with Crippen molar-refractivity contribution in [3.05, 3.63) is 47.9 Å². The third-order valence-corrected chi connectivity index (χ3v) is 6.08. The van der Waals surface area contributed by atoms with Gasteiger partial charge in [-0.25, -0.2) is 9.97 Å². The maximum Gasteiger partial charge on any atom is 0.163 e. The first kappa shape index (κ1) is 21.8. The highest BCUT2D eigenvalue weighted by Crippen LogP contribution is 2.32. The highest BCUT2D eigenvalue weighted by molar-refractivity contribution is 6.06. The Bertz CT molecular complexity index is 1160. The molecule has 0 aromatic carbocycles. The fourth-order valence-electron chi connectivity index (χ4n) is 4.46. The van der Waals surface area contributed by atoms with Gasteiger partial charge in [0.25, 0.3) is 0 Å². The first-order chi connectivity index (χ1) is 15.4. The molecule has 1 aliphatic rings. The summed E-state index contributed by atoms with van der Waals surface area (Å²) in [4.78, 5) is 28.1. The zero-order valence-electron chi connectivity index (χ0n) is 18.8. The van der Waals surface area contributed by atoms with E-state index in [0.29, 0.717) is 22.8 Å². The minimum absolute atomic E-state index is 0.0320. The summed E-state index contributed by atoms with van der Waals surface area (Å²) in [5, 5.41) is 12.6. The predicted molar refractivity (Wildman–Crippen MR) is 125 cm³/mol. The molecule has 3 aromatic rings. The summed E-state index contributed by atoms with van der Waals surface area (Å²) in [5.41, 5.74) is 4.67. The number of nitrogens with zero attached hydrogens (tertiary/aromatic N) is 5. The van der Waals surface area contributed by atoms with E-state index in [4.69, 9.17) is 10.2 Å². The van der Waals surface area contributed by atoms with Crippen LogP contribution in [0.5, 0.6) is 0 Å². The Morgan fingerprint density at radius 2 is 1.91 bits per heavy atom. The standard InChI is InChI=1S/C25H28N6O/c1-16(32)21-14-28-23-11-10-22(18-6-9-20(12-26)27-13-18)30-25(23)24(21)29-19-7-4-17(5-8-19)15-31(2)3/h6,9-11,13-14,17,19H,4-5,7-8,15H2,1-3H3,(H,28,29). The third-order valence-electron chi connectivity index (χ3n) is 6.08. The van der Waals surface area contributed by atoms with Crippen molar-refractivity contribution in [2.45, 2.75) is 38.6 Å². The number of carbonyl (C=O) groups is 1. The number of hydrogen-bond acceptors (Lipinski definition) is 7. The fourth-order valence-corrected chi connectivity index (χ4v) is 4.46. The molecule has 1 fully saturated rings. The van der Waals surface area contributed by atoms with Crippen LogP contribution < -0.4 is 5.32 Å². The van der Waals surface area contributed by atoms with E-state index in [1.54, 1.807) is 25.4 Å². The van der Waals surface area contributed by atoms with Gasteiger partial charge < -0.3 is 10.2 Å². The van der Waals surface area contributed by atoms with Crippen LogP contribution in [0.2, 0.25) is 0 Å². The average Bonchev–Trinajstić information content (AvgIpc) is 2.79. The van der Waals surface area contributed by atoms with Crippen LogP contribution in [0.1, 0.15) is 48.7 Å². The van der Waals surface area contributed by atoms with Gasteiger partial charge in [0, 0.05) is 30.5 Å². The van der Waals surface area contributed by atoms with Crippen molar-refractivity contribution >= 4 is 22.5 Å². The summed E-state index contributed by atoms with van der Waals surface area (Å²) in [6.07, 6.45) is 7.77. The van der Waals surface area contributed by atoms with Crippen LogP contribution in [0.3, 0.4) is 0 Å². The normalized spacial score (nSPS) is 18.5. The summed E-state index contributed by atoms with van der Waals surface area (Å²) < 4.78 is 0. The zero-order chi connectivity index (χ0) is 22.7. The van der Waals surface area contributed by atoms with Crippen LogP contribution in [0, 0.1) is 17.2 Å². The lowest BCUT2D eigenvalue weighted by Crippen LogP contribution is -2.31. The second-order valence-corrected chi connectivity index (χ2v) is 8.84. The number of aromatic nitrogens is 3. The van der Waals surface area contributed by atoms with E-state index < -0.39 is 0 Å². The van der Waals surface area contributed by atoms with E-state index in [1.165, 1.54) is 12.8 Å². The molecule has 0 amide bonds. The van der Waals surface area contributed by atoms with Gasteiger partial charge in [0.2, 0.25) is 0 Å². The van der Waals surface area contributed by atoms with Gasteiger partial charge in [-0.3, -0.25) is 9.78 Å². The molecule has 164 valence electrons. The lowest BCUT2D eigenvalue weighted by molar-refractivity contribution is 0.101. The maximum atomic E-state index is 12.4. The minimum Gasteiger partial charge on any atom is -0.380 e. The second kappa shape index (κ2) is 9.41. The molecule has 0 spiro atoms. The summed E-state index contributed by atoms with van der Waals surface area (Å²) >= 11 is 0. The lowest BCUT2D eigenvalue weighted by atomic mass is 9.85. The van der Waals surface area contributed by atoms with Crippen LogP contribution in [-0.2, 0) is 0 Å². The Kier molecular flexibility index (Phi) is 6.42. The number of carbonyl (C=O) groups excluding carboxylic acids is 1. The van der Waals surface area contributed by atoms with Crippen LogP contribution in [0.15, 0.2) is 36.7 Å². The largest absolute Gasteiger partial charge is 0.380 e. The average molecular weight is 429 g/mol. The Morgan fingerprint density at radius 3 is 2.53 bits per heavy atom. The molecule has 32 heavy (non-hydrogen) atoms. The SMILES string of the molecule is CC(=O)c1cnc2ccc(-c3ccc(C#N)nc3)nc2c1NC1CCC(CN(C)C)CC1. The van der Waals surface area contributed by atoms with Crippen LogP contribution in [0.25, 0.3) is 22.3 Å². The molecule has 1 aliphatic carbocycles.